The van der Waals surface area contributed by atoms with E-state index in [-0.39, 0.29) is 0 Å². The molecular weight excluding hydrogens is 228 g/mol. The third-order valence-electron chi connectivity index (χ3n) is 2.76. The molecule has 0 spiro atoms. The van der Waals surface area contributed by atoms with E-state index in [2.05, 4.69) is 42.0 Å². The second kappa shape index (κ2) is 4.08. The first-order valence-corrected chi connectivity index (χ1v) is 6.69. The summed E-state index contributed by atoms with van der Waals surface area (Å²) in [6, 6.07) is 8.27. The van der Waals surface area contributed by atoms with Gasteiger partial charge < -0.3 is 0 Å². The van der Waals surface area contributed by atoms with Crippen LogP contribution in [0.5, 0.6) is 0 Å². The van der Waals surface area contributed by atoms with Gasteiger partial charge in [0, 0.05) is 11.8 Å². The van der Waals surface area contributed by atoms with Gasteiger partial charge in [0.1, 0.15) is 5.52 Å². The summed E-state index contributed by atoms with van der Waals surface area (Å²) in [5, 5.41) is 2.44. The minimum Gasteiger partial charge on any atom is -0.254 e. The molecule has 2 aromatic heterocycles. The Morgan fingerprint density at radius 3 is 2.82 bits per heavy atom. The molecule has 17 heavy (non-hydrogen) atoms. The van der Waals surface area contributed by atoms with Gasteiger partial charge in [0.2, 0.25) is 0 Å². The summed E-state index contributed by atoms with van der Waals surface area (Å²) < 4.78 is 1.27. The monoisotopic (exact) mass is 242 g/mol. The van der Waals surface area contributed by atoms with E-state index >= 15 is 0 Å². The fourth-order valence-corrected chi connectivity index (χ4v) is 3.29. The molecule has 0 saturated carbocycles. The Balaban J connectivity index is 2.24. The summed E-state index contributed by atoms with van der Waals surface area (Å²) in [6.07, 6.45) is 2.94. The van der Waals surface area contributed by atoms with Gasteiger partial charge in [-0.05, 0) is 12.0 Å². The Morgan fingerprint density at radius 2 is 2.00 bits per heavy atom. The van der Waals surface area contributed by atoms with Crippen LogP contribution in [-0.4, -0.2) is 9.97 Å². The summed E-state index contributed by atoms with van der Waals surface area (Å²) in [5.74, 6) is 0.648. The predicted octanol–water partition coefficient (Wildman–Crippen LogP) is 4.04. The van der Waals surface area contributed by atoms with Crippen LogP contribution in [0.15, 0.2) is 30.5 Å². The predicted molar refractivity (Wildman–Crippen MR) is 73.5 cm³/mol. The average molecular weight is 242 g/mol. The average Bonchev–Trinajstić information content (AvgIpc) is 2.70. The van der Waals surface area contributed by atoms with Crippen molar-refractivity contribution >= 4 is 32.5 Å². The highest BCUT2D eigenvalue weighted by atomic mass is 32.1. The lowest BCUT2D eigenvalue weighted by Gasteiger charge is -1.97. The standard InChI is InChI=1S/C14H14N2S/c1-9(2)7-13-16-12-8-15-11-6-4-3-5-10(11)14(12)17-13/h3-6,8-9H,7H2,1-2H3. The molecule has 0 unspecified atom stereocenters. The molecule has 0 aliphatic heterocycles. The second-order valence-electron chi connectivity index (χ2n) is 4.70. The largest absolute Gasteiger partial charge is 0.254 e. The lowest BCUT2D eigenvalue weighted by atomic mass is 10.1. The van der Waals surface area contributed by atoms with E-state index in [9.17, 15) is 0 Å². The van der Waals surface area contributed by atoms with Gasteiger partial charge in [-0.3, -0.25) is 4.98 Å². The molecule has 0 atom stereocenters. The highest BCUT2D eigenvalue weighted by Crippen LogP contribution is 2.29. The minimum absolute atomic E-state index is 0.648. The Kier molecular flexibility index (Phi) is 2.56. The van der Waals surface area contributed by atoms with Gasteiger partial charge in [0.15, 0.2) is 0 Å². The summed E-state index contributed by atoms with van der Waals surface area (Å²) in [4.78, 5) is 9.11. The van der Waals surface area contributed by atoms with Crippen molar-refractivity contribution < 1.29 is 0 Å². The van der Waals surface area contributed by atoms with Gasteiger partial charge in [-0.15, -0.1) is 11.3 Å². The molecule has 0 bridgehead atoms. The van der Waals surface area contributed by atoms with Crippen LogP contribution in [0.3, 0.4) is 0 Å². The van der Waals surface area contributed by atoms with Gasteiger partial charge in [0.05, 0.1) is 21.4 Å². The minimum atomic E-state index is 0.648. The first-order chi connectivity index (χ1) is 8.24. The molecule has 1 aromatic carbocycles. The number of thiazole rings is 1. The van der Waals surface area contributed by atoms with Crippen LogP contribution < -0.4 is 0 Å². The lowest BCUT2D eigenvalue weighted by molar-refractivity contribution is 0.645. The van der Waals surface area contributed by atoms with Crippen molar-refractivity contribution in [1.29, 1.82) is 0 Å². The first-order valence-electron chi connectivity index (χ1n) is 5.87. The maximum atomic E-state index is 4.66. The molecule has 86 valence electrons. The number of pyridine rings is 1. The maximum Gasteiger partial charge on any atom is 0.100 e. The molecule has 2 nitrogen and oxygen atoms in total. The Bertz CT molecular complexity index is 670. The van der Waals surface area contributed by atoms with Crippen LogP contribution in [0.25, 0.3) is 21.1 Å². The molecule has 3 rings (SSSR count). The maximum absolute atomic E-state index is 4.66. The topological polar surface area (TPSA) is 25.8 Å². The van der Waals surface area contributed by atoms with Crippen molar-refractivity contribution in [3.63, 3.8) is 0 Å². The van der Waals surface area contributed by atoms with Crippen molar-refractivity contribution in [2.75, 3.05) is 0 Å². The van der Waals surface area contributed by atoms with Gasteiger partial charge in [-0.2, -0.15) is 0 Å². The normalized spacial score (nSPS) is 11.7. The van der Waals surface area contributed by atoms with Crippen LogP contribution in [0.2, 0.25) is 0 Å². The number of hydrogen-bond donors (Lipinski definition) is 0. The summed E-state index contributed by atoms with van der Waals surface area (Å²) in [5.41, 5.74) is 2.09. The summed E-state index contributed by atoms with van der Waals surface area (Å²) >= 11 is 1.80. The Hall–Kier alpha value is -1.48. The van der Waals surface area contributed by atoms with E-state index < -0.39 is 0 Å². The molecule has 0 aliphatic rings. The molecular formula is C14H14N2S. The van der Waals surface area contributed by atoms with E-state index in [4.69, 9.17) is 0 Å². The SMILES string of the molecule is CC(C)Cc1nc2cnc3ccccc3c2s1. The number of aromatic nitrogens is 2. The quantitative estimate of drug-likeness (QED) is 0.677. The van der Waals surface area contributed by atoms with Crippen molar-refractivity contribution in [2.24, 2.45) is 5.92 Å². The van der Waals surface area contributed by atoms with Gasteiger partial charge >= 0.3 is 0 Å². The van der Waals surface area contributed by atoms with Crippen molar-refractivity contribution in [3.05, 3.63) is 35.5 Å². The van der Waals surface area contributed by atoms with E-state index in [0.29, 0.717) is 5.92 Å². The van der Waals surface area contributed by atoms with Gasteiger partial charge in [-0.25, -0.2) is 4.98 Å². The lowest BCUT2D eigenvalue weighted by Crippen LogP contribution is -1.91. The molecule has 2 heterocycles. The van der Waals surface area contributed by atoms with Crippen LogP contribution in [-0.2, 0) is 6.42 Å². The highest BCUT2D eigenvalue weighted by molar-refractivity contribution is 7.19. The van der Waals surface area contributed by atoms with Crippen molar-refractivity contribution in [3.8, 4) is 0 Å². The van der Waals surface area contributed by atoms with Gasteiger partial charge in [0.25, 0.3) is 0 Å². The zero-order valence-corrected chi connectivity index (χ0v) is 10.8. The Labute approximate surface area is 104 Å². The van der Waals surface area contributed by atoms with E-state index in [0.717, 1.165) is 17.5 Å². The number of benzene rings is 1. The highest BCUT2D eigenvalue weighted by Gasteiger charge is 2.09. The zero-order valence-electron chi connectivity index (χ0n) is 9.97. The van der Waals surface area contributed by atoms with Gasteiger partial charge in [-0.1, -0.05) is 32.0 Å². The Morgan fingerprint density at radius 1 is 1.18 bits per heavy atom. The number of fused-ring (bicyclic) bond motifs is 3. The van der Waals surface area contributed by atoms with Crippen LogP contribution >= 0.6 is 11.3 Å². The van der Waals surface area contributed by atoms with Crippen molar-refractivity contribution in [2.45, 2.75) is 20.3 Å². The molecule has 3 aromatic rings. The number of hydrogen-bond acceptors (Lipinski definition) is 3. The number of para-hydroxylation sites is 1. The molecule has 0 saturated heterocycles. The second-order valence-corrected chi connectivity index (χ2v) is 5.78. The van der Waals surface area contributed by atoms with E-state index in [1.54, 1.807) is 11.3 Å². The first kappa shape index (κ1) is 10.7. The zero-order chi connectivity index (χ0) is 11.8. The number of nitrogens with zero attached hydrogens (tertiary/aromatic N) is 2. The molecule has 3 heteroatoms. The van der Waals surface area contributed by atoms with Crippen LogP contribution in [0.1, 0.15) is 18.9 Å². The van der Waals surface area contributed by atoms with Crippen LogP contribution in [0, 0.1) is 5.92 Å². The summed E-state index contributed by atoms with van der Waals surface area (Å²) in [6.45, 7) is 4.45. The molecule has 0 amide bonds. The summed E-state index contributed by atoms with van der Waals surface area (Å²) in [7, 11) is 0. The van der Waals surface area contributed by atoms with Crippen molar-refractivity contribution in [1.82, 2.24) is 9.97 Å². The molecule has 0 fully saturated rings. The third-order valence-corrected chi connectivity index (χ3v) is 3.88. The number of rotatable bonds is 2. The molecule has 0 aliphatic carbocycles. The smallest absolute Gasteiger partial charge is 0.100 e. The fraction of sp³-hybridized carbons (Fsp3) is 0.286. The fourth-order valence-electron chi connectivity index (χ4n) is 2.00. The van der Waals surface area contributed by atoms with E-state index in [1.165, 1.54) is 15.1 Å². The van der Waals surface area contributed by atoms with Crippen LogP contribution in [0.4, 0.5) is 0 Å². The molecule has 0 N–H and O–H groups in total. The third kappa shape index (κ3) is 1.91. The molecule has 0 radical (unpaired) electrons. The van der Waals surface area contributed by atoms with E-state index in [1.807, 2.05) is 12.3 Å².